The second-order valence-corrected chi connectivity index (χ2v) is 7.55. The van der Waals surface area contributed by atoms with Gasteiger partial charge < -0.3 is 15.5 Å². The lowest BCUT2D eigenvalue weighted by atomic mass is 10.2. The molecule has 0 aliphatic carbocycles. The molecule has 2 N–H and O–H groups in total. The van der Waals surface area contributed by atoms with Crippen molar-refractivity contribution >= 4 is 11.6 Å². The molecule has 0 atom stereocenters. The summed E-state index contributed by atoms with van der Waals surface area (Å²) >= 11 is 0. The summed E-state index contributed by atoms with van der Waals surface area (Å²) in [4.78, 5) is 13.7. The van der Waals surface area contributed by atoms with Gasteiger partial charge in [0.05, 0.1) is 12.2 Å². The number of rotatable bonds is 8. The number of nitrogens with one attached hydrogen (secondary N) is 2. The van der Waals surface area contributed by atoms with Gasteiger partial charge >= 0.3 is 0 Å². The average Bonchev–Trinajstić information content (AvgIpc) is 2.77. The van der Waals surface area contributed by atoms with Crippen LogP contribution in [-0.2, 0) is 6.54 Å². The maximum absolute atomic E-state index is 4.32. The second kappa shape index (κ2) is 11.4. The van der Waals surface area contributed by atoms with Gasteiger partial charge in [0, 0.05) is 51.7 Å². The highest BCUT2D eigenvalue weighted by Crippen LogP contribution is 2.17. The van der Waals surface area contributed by atoms with E-state index in [1.54, 1.807) is 0 Å². The summed E-state index contributed by atoms with van der Waals surface area (Å²) in [5, 5.41) is 6.71. The molecule has 1 aliphatic heterocycles. The van der Waals surface area contributed by atoms with Gasteiger partial charge in [-0.2, -0.15) is 0 Å². The van der Waals surface area contributed by atoms with E-state index in [4.69, 9.17) is 0 Å². The molecule has 1 aliphatic rings. The van der Waals surface area contributed by atoms with Crippen LogP contribution in [-0.4, -0.2) is 62.2 Å². The number of pyridine rings is 1. The zero-order chi connectivity index (χ0) is 20.3. The number of benzene rings is 1. The highest BCUT2D eigenvalue weighted by molar-refractivity contribution is 5.79. The molecule has 3 rings (SSSR count). The quantitative estimate of drug-likeness (QED) is 0.410. The summed E-state index contributed by atoms with van der Waals surface area (Å²) in [7, 11) is 1.81. The van der Waals surface area contributed by atoms with E-state index in [2.05, 4.69) is 61.6 Å². The highest BCUT2D eigenvalue weighted by atomic mass is 15.3. The standard InChI is InChI=1S/C23H34N6/c1-20-8-7-10-22(18-20)29-16-14-28(15-17-29)13-6-5-12-26-23(24-2)27-19-21-9-3-4-11-25-21/h3-4,7-11,18H,5-6,12-17,19H2,1-2H3,(H2,24,26,27). The first-order valence-corrected chi connectivity index (χ1v) is 10.6. The number of nitrogens with zero attached hydrogens (tertiary/aromatic N) is 4. The maximum Gasteiger partial charge on any atom is 0.191 e. The van der Waals surface area contributed by atoms with Crippen molar-refractivity contribution in [2.45, 2.75) is 26.3 Å². The summed E-state index contributed by atoms with van der Waals surface area (Å²) < 4.78 is 0. The third-order valence-corrected chi connectivity index (χ3v) is 5.32. The number of hydrogen-bond donors (Lipinski definition) is 2. The van der Waals surface area contributed by atoms with Crippen molar-refractivity contribution in [3.63, 3.8) is 0 Å². The number of aromatic nitrogens is 1. The molecule has 1 aromatic heterocycles. The van der Waals surface area contributed by atoms with Gasteiger partial charge in [0.1, 0.15) is 0 Å². The van der Waals surface area contributed by atoms with E-state index >= 15 is 0 Å². The third kappa shape index (κ3) is 7.06. The molecule has 29 heavy (non-hydrogen) atoms. The molecule has 6 heteroatoms. The van der Waals surface area contributed by atoms with Crippen molar-refractivity contribution in [2.24, 2.45) is 4.99 Å². The van der Waals surface area contributed by atoms with Crippen molar-refractivity contribution in [3.05, 3.63) is 59.9 Å². The molecule has 1 aromatic carbocycles. The van der Waals surface area contributed by atoms with E-state index in [9.17, 15) is 0 Å². The zero-order valence-corrected chi connectivity index (χ0v) is 17.8. The van der Waals surface area contributed by atoms with Crippen molar-refractivity contribution in [1.82, 2.24) is 20.5 Å². The molecule has 1 saturated heterocycles. The summed E-state index contributed by atoms with van der Waals surface area (Å²) in [5.74, 6) is 0.836. The van der Waals surface area contributed by atoms with Crippen LogP contribution < -0.4 is 15.5 Å². The normalized spacial score (nSPS) is 15.4. The van der Waals surface area contributed by atoms with Crippen molar-refractivity contribution in [2.75, 3.05) is 51.2 Å². The summed E-state index contributed by atoms with van der Waals surface area (Å²) in [6.07, 6.45) is 4.16. The molecule has 2 aromatic rings. The Morgan fingerprint density at radius 3 is 2.62 bits per heavy atom. The van der Waals surface area contributed by atoms with Gasteiger partial charge in [-0.3, -0.25) is 14.9 Å². The van der Waals surface area contributed by atoms with Crippen LogP contribution in [0.3, 0.4) is 0 Å². The minimum absolute atomic E-state index is 0.686. The monoisotopic (exact) mass is 394 g/mol. The van der Waals surface area contributed by atoms with Gasteiger partial charge in [0.15, 0.2) is 5.96 Å². The SMILES string of the molecule is CN=C(NCCCCN1CCN(c2cccc(C)c2)CC1)NCc1ccccn1. The Labute approximate surface area is 175 Å². The van der Waals surface area contributed by atoms with Gasteiger partial charge in [-0.25, -0.2) is 0 Å². The van der Waals surface area contributed by atoms with Crippen LogP contribution in [0.15, 0.2) is 53.7 Å². The Balaban J connectivity index is 1.27. The minimum Gasteiger partial charge on any atom is -0.369 e. The molecule has 1 fully saturated rings. The lowest BCUT2D eigenvalue weighted by Crippen LogP contribution is -2.46. The lowest BCUT2D eigenvalue weighted by molar-refractivity contribution is 0.253. The fourth-order valence-corrected chi connectivity index (χ4v) is 3.62. The van der Waals surface area contributed by atoms with Crippen molar-refractivity contribution in [3.8, 4) is 0 Å². The first-order valence-electron chi connectivity index (χ1n) is 10.6. The number of aliphatic imine (C=N–C) groups is 1. The predicted octanol–water partition coefficient (Wildman–Crippen LogP) is 2.66. The molecule has 0 spiro atoms. The number of piperazine rings is 1. The molecule has 0 saturated carbocycles. The van der Waals surface area contributed by atoms with Crippen molar-refractivity contribution < 1.29 is 0 Å². The first kappa shape index (κ1) is 21.1. The molecule has 156 valence electrons. The fourth-order valence-electron chi connectivity index (χ4n) is 3.62. The molecule has 0 amide bonds. The van der Waals surface area contributed by atoms with Gasteiger partial charge in [-0.15, -0.1) is 0 Å². The van der Waals surface area contributed by atoms with Gasteiger partial charge in [-0.05, 0) is 56.1 Å². The van der Waals surface area contributed by atoms with E-state index in [0.29, 0.717) is 6.54 Å². The largest absolute Gasteiger partial charge is 0.369 e. The second-order valence-electron chi connectivity index (χ2n) is 7.55. The van der Waals surface area contributed by atoms with Gasteiger partial charge in [0.25, 0.3) is 0 Å². The van der Waals surface area contributed by atoms with E-state index in [-0.39, 0.29) is 0 Å². The van der Waals surface area contributed by atoms with E-state index in [0.717, 1.165) is 50.8 Å². The summed E-state index contributed by atoms with van der Waals surface area (Å²) in [5.41, 5.74) is 3.71. The number of hydrogen-bond acceptors (Lipinski definition) is 4. The minimum atomic E-state index is 0.686. The number of aryl methyl sites for hydroxylation is 1. The Hall–Kier alpha value is -2.60. The maximum atomic E-state index is 4.32. The topological polar surface area (TPSA) is 55.8 Å². The Morgan fingerprint density at radius 2 is 1.90 bits per heavy atom. The average molecular weight is 395 g/mol. The number of unbranched alkanes of at least 4 members (excludes halogenated alkanes) is 1. The zero-order valence-electron chi connectivity index (χ0n) is 17.8. The third-order valence-electron chi connectivity index (χ3n) is 5.32. The molecular weight excluding hydrogens is 360 g/mol. The van der Waals surface area contributed by atoms with Gasteiger partial charge in [0.2, 0.25) is 0 Å². The molecule has 0 bridgehead atoms. The molecule has 2 heterocycles. The predicted molar refractivity (Wildman–Crippen MR) is 122 cm³/mol. The van der Waals surface area contributed by atoms with Crippen LogP contribution in [0.25, 0.3) is 0 Å². The van der Waals surface area contributed by atoms with Crippen molar-refractivity contribution in [1.29, 1.82) is 0 Å². The fraction of sp³-hybridized carbons (Fsp3) is 0.478. The van der Waals surface area contributed by atoms with Crippen LogP contribution in [0.1, 0.15) is 24.1 Å². The lowest BCUT2D eigenvalue weighted by Gasteiger charge is -2.36. The van der Waals surface area contributed by atoms with E-state index < -0.39 is 0 Å². The van der Waals surface area contributed by atoms with Crippen LogP contribution in [0.5, 0.6) is 0 Å². The summed E-state index contributed by atoms with van der Waals surface area (Å²) in [6, 6.07) is 14.8. The highest BCUT2D eigenvalue weighted by Gasteiger charge is 2.16. The summed E-state index contributed by atoms with van der Waals surface area (Å²) in [6.45, 7) is 9.48. The van der Waals surface area contributed by atoms with Crippen LogP contribution >= 0.6 is 0 Å². The van der Waals surface area contributed by atoms with Crippen LogP contribution in [0.4, 0.5) is 5.69 Å². The first-order chi connectivity index (χ1) is 14.2. The Morgan fingerprint density at radius 1 is 1.03 bits per heavy atom. The number of guanidine groups is 1. The van der Waals surface area contributed by atoms with Crippen LogP contribution in [0.2, 0.25) is 0 Å². The molecule has 0 unspecified atom stereocenters. The smallest absolute Gasteiger partial charge is 0.191 e. The van der Waals surface area contributed by atoms with Crippen LogP contribution in [0, 0.1) is 6.92 Å². The Kier molecular flexibility index (Phi) is 8.31. The molecule has 6 nitrogen and oxygen atoms in total. The molecular formula is C23H34N6. The number of anilines is 1. The van der Waals surface area contributed by atoms with E-state index in [1.165, 1.54) is 24.2 Å². The Bertz CT molecular complexity index is 753. The molecule has 0 radical (unpaired) electrons. The van der Waals surface area contributed by atoms with Gasteiger partial charge in [-0.1, -0.05) is 18.2 Å². The van der Waals surface area contributed by atoms with E-state index in [1.807, 2.05) is 31.4 Å².